The quantitative estimate of drug-likeness (QED) is 0.715. The lowest BCUT2D eigenvalue weighted by atomic mass is 10.2. The number of ether oxygens (including phenoxy) is 1. The molecule has 0 fully saturated rings. The number of hydrazone groups is 1. The van der Waals surface area contributed by atoms with Crippen LogP contribution in [0.1, 0.15) is 26.2 Å². The fraction of sp³-hybridized carbons (Fsp3) is 0.857. The van der Waals surface area contributed by atoms with Gasteiger partial charge in [-0.05, 0) is 6.42 Å². The minimum atomic E-state index is -1.10. The van der Waals surface area contributed by atoms with E-state index in [1.165, 1.54) is 0 Å². The zero-order valence-corrected chi connectivity index (χ0v) is 8.19. The van der Waals surface area contributed by atoms with Gasteiger partial charge in [0, 0.05) is 12.7 Å². The minimum Gasteiger partial charge on any atom is -0.445 e. The molecule has 1 heterocycles. The molecule has 2 unspecified atom stereocenters. The third-order valence-electron chi connectivity index (χ3n) is 1.61. The molecule has 0 radical (unpaired) electrons. The molecule has 0 aromatic heterocycles. The first kappa shape index (κ1) is 9.51. The molecule has 1 aliphatic heterocycles. The molecule has 1 N–H and O–H groups in total. The molecule has 0 aromatic carbocycles. The SMILES string of the molecule is CCCCC1NN=C(S(C)=O)O1. The number of nitrogens with one attached hydrogen (secondary N) is 1. The monoisotopic (exact) mass is 190 g/mol. The number of unbranched alkanes of at least 4 members (excludes halogenated alkanes) is 1. The Labute approximate surface area is 74.8 Å². The van der Waals surface area contributed by atoms with Crippen LogP contribution in [0.15, 0.2) is 5.10 Å². The van der Waals surface area contributed by atoms with Gasteiger partial charge in [0.25, 0.3) is 5.23 Å². The highest BCUT2D eigenvalue weighted by molar-refractivity contribution is 7.99. The minimum absolute atomic E-state index is 0.0659. The van der Waals surface area contributed by atoms with E-state index >= 15 is 0 Å². The third-order valence-corrected chi connectivity index (χ3v) is 2.29. The summed E-state index contributed by atoms with van der Waals surface area (Å²) in [5.41, 5.74) is 2.80. The van der Waals surface area contributed by atoms with E-state index in [4.69, 9.17) is 4.74 Å². The molecule has 0 spiro atoms. The Hall–Kier alpha value is -0.580. The molecule has 0 aromatic rings. The summed E-state index contributed by atoms with van der Waals surface area (Å²) < 4.78 is 16.1. The van der Waals surface area contributed by atoms with Crippen molar-refractivity contribution in [2.75, 3.05) is 6.26 Å². The lowest BCUT2D eigenvalue weighted by Gasteiger charge is -2.08. The predicted molar refractivity (Wildman–Crippen MR) is 49.0 cm³/mol. The molecule has 4 nitrogen and oxygen atoms in total. The molecule has 1 aliphatic rings. The van der Waals surface area contributed by atoms with Crippen LogP contribution in [0.4, 0.5) is 0 Å². The topological polar surface area (TPSA) is 50.7 Å². The van der Waals surface area contributed by atoms with Gasteiger partial charge in [0.05, 0.1) is 0 Å². The molecule has 70 valence electrons. The highest BCUT2D eigenvalue weighted by Crippen LogP contribution is 2.08. The molecule has 0 bridgehead atoms. The average molecular weight is 190 g/mol. The summed E-state index contributed by atoms with van der Waals surface area (Å²) in [6.45, 7) is 2.12. The van der Waals surface area contributed by atoms with Gasteiger partial charge in [0.2, 0.25) is 0 Å². The van der Waals surface area contributed by atoms with Gasteiger partial charge in [-0.25, -0.2) is 4.21 Å². The van der Waals surface area contributed by atoms with Gasteiger partial charge in [0.1, 0.15) is 10.8 Å². The molecule has 2 atom stereocenters. The normalized spacial score (nSPS) is 24.2. The van der Waals surface area contributed by atoms with Crippen molar-refractivity contribution < 1.29 is 8.95 Å². The summed E-state index contributed by atoms with van der Waals surface area (Å²) in [6.07, 6.45) is 4.63. The third kappa shape index (κ3) is 2.48. The predicted octanol–water partition coefficient (Wildman–Crippen LogP) is 0.772. The van der Waals surface area contributed by atoms with Gasteiger partial charge in [-0.3, -0.25) is 5.43 Å². The van der Waals surface area contributed by atoms with Crippen LogP contribution in [0.2, 0.25) is 0 Å². The van der Waals surface area contributed by atoms with Crippen molar-refractivity contribution in [3.63, 3.8) is 0 Å². The van der Waals surface area contributed by atoms with Gasteiger partial charge in [0.15, 0.2) is 6.23 Å². The zero-order valence-electron chi connectivity index (χ0n) is 7.37. The van der Waals surface area contributed by atoms with Crippen molar-refractivity contribution in [2.45, 2.75) is 32.4 Å². The number of hydrogen-bond acceptors (Lipinski definition) is 4. The van der Waals surface area contributed by atoms with E-state index in [0.29, 0.717) is 5.23 Å². The molecule has 1 rings (SSSR count). The van der Waals surface area contributed by atoms with Crippen molar-refractivity contribution in [3.05, 3.63) is 0 Å². The summed E-state index contributed by atoms with van der Waals surface area (Å²) in [6, 6.07) is 0. The van der Waals surface area contributed by atoms with Crippen LogP contribution in [0.3, 0.4) is 0 Å². The first-order valence-electron chi connectivity index (χ1n) is 4.07. The Balaban J connectivity index is 2.27. The average Bonchev–Trinajstić information content (AvgIpc) is 2.48. The maximum Gasteiger partial charge on any atom is 0.300 e. The summed E-state index contributed by atoms with van der Waals surface area (Å²) in [4.78, 5) is 0. The van der Waals surface area contributed by atoms with Gasteiger partial charge in [-0.1, -0.05) is 13.3 Å². The molecule has 0 amide bonds. The molecular formula is C7H14N2O2S. The van der Waals surface area contributed by atoms with Crippen LogP contribution >= 0.6 is 0 Å². The second kappa shape index (κ2) is 4.45. The Morgan fingerprint density at radius 1 is 1.75 bits per heavy atom. The van der Waals surface area contributed by atoms with E-state index < -0.39 is 10.8 Å². The maximum absolute atomic E-state index is 10.9. The maximum atomic E-state index is 10.9. The van der Waals surface area contributed by atoms with E-state index in [1.807, 2.05) is 0 Å². The molecule has 0 aliphatic carbocycles. The van der Waals surface area contributed by atoms with Crippen LogP contribution < -0.4 is 5.43 Å². The number of nitrogens with zero attached hydrogens (tertiary/aromatic N) is 1. The Bertz CT molecular complexity index is 206. The standard InChI is InChI=1S/C7H14N2O2S/c1-3-4-5-6-8-9-7(11-6)12(2)10/h6,8H,3-5H2,1-2H3. The number of hydrogen-bond donors (Lipinski definition) is 1. The summed E-state index contributed by atoms with van der Waals surface area (Å²) in [5.74, 6) is 0. The first-order valence-corrected chi connectivity index (χ1v) is 5.63. The van der Waals surface area contributed by atoms with Crippen LogP contribution in [0.25, 0.3) is 0 Å². The molecule has 5 heteroatoms. The Kier molecular flexibility index (Phi) is 3.52. The van der Waals surface area contributed by atoms with E-state index in [-0.39, 0.29) is 6.23 Å². The zero-order chi connectivity index (χ0) is 8.97. The molecular weight excluding hydrogens is 176 g/mol. The summed E-state index contributed by atoms with van der Waals surface area (Å²) >= 11 is 0. The molecule has 0 saturated heterocycles. The van der Waals surface area contributed by atoms with E-state index in [1.54, 1.807) is 6.26 Å². The van der Waals surface area contributed by atoms with Crippen molar-refractivity contribution >= 4 is 16.0 Å². The Morgan fingerprint density at radius 2 is 2.50 bits per heavy atom. The van der Waals surface area contributed by atoms with Gasteiger partial charge >= 0.3 is 0 Å². The lowest BCUT2D eigenvalue weighted by Crippen LogP contribution is -2.21. The highest BCUT2D eigenvalue weighted by Gasteiger charge is 2.20. The van der Waals surface area contributed by atoms with Crippen LogP contribution in [-0.4, -0.2) is 21.9 Å². The van der Waals surface area contributed by atoms with E-state index in [0.717, 1.165) is 19.3 Å². The van der Waals surface area contributed by atoms with Crippen molar-refractivity contribution in [3.8, 4) is 0 Å². The van der Waals surface area contributed by atoms with Gasteiger partial charge in [-0.15, -0.1) is 5.10 Å². The van der Waals surface area contributed by atoms with Gasteiger partial charge < -0.3 is 4.74 Å². The molecule has 0 saturated carbocycles. The van der Waals surface area contributed by atoms with Crippen molar-refractivity contribution in [1.29, 1.82) is 0 Å². The van der Waals surface area contributed by atoms with Crippen molar-refractivity contribution in [2.24, 2.45) is 5.10 Å². The summed E-state index contributed by atoms with van der Waals surface area (Å²) in [7, 11) is -1.10. The number of rotatable bonds is 3. The van der Waals surface area contributed by atoms with Crippen LogP contribution in [0, 0.1) is 0 Å². The van der Waals surface area contributed by atoms with Crippen LogP contribution in [0.5, 0.6) is 0 Å². The smallest absolute Gasteiger partial charge is 0.300 e. The second-order valence-corrected chi connectivity index (χ2v) is 3.97. The fourth-order valence-corrected chi connectivity index (χ4v) is 1.38. The highest BCUT2D eigenvalue weighted by atomic mass is 32.2. The lowest BCUT2D eigenvalue weighted by molar-refractivity contribution is 0.177. The Morgan fingerprint density at radius 3 is 3.00 bits per heavy atom. The fourth-order valence-electron chi connectivity index (χ4n) is 0.944. The van der Waals surface area contributed by atoms with E-state index in [2.05, 4.69) is 17.5 Å². The molecule has 12 heavy (non-hydrogen) atoms. The first-order chi connectivity index (χ1) is 5.74. The van der Waals surface area contributed by atoms with Crippen molar-refractivity contribution in [1.82, 2.24) is 5.43 Å². The van der Waals surface area contributed by atoms with Crippen LogP contribution in [-0.2, 0) is 15.5 Å². The second-order valence-electron chi connectivity index (χ2n) is 2.71. The summed E-state index contributed by atoms with van der Waals surface area (Å²) in [5, 5.41) is 4.13. The largest absolute Gasteiger partial charge is 0.445 e. The van der Waals surface area contributed by atoms with Gasteiger partial charge in [-0.2, -0.15) is 0 Å². The van der Waals surface area contributed by atoms with E-state index in [9.17, 15) is 4.21 Å².